The Kier molecular flexibility index (Phi) is 5.25. The molecule has 0 saturated carbocycles. The summed E-state index contributed by atoms with van der Waals surface area (Å²) in [4.78, 5) is 20.7. The second kappa shape index (κ2) is 5.77. The lowest BCUT2D eigenvalue weighted by atomic mass is 10.1. The van der Waals surface area contributed by atoms with Gasteiger partial charge in [-0.1, -0.05) is 6.92 Å². The van der Waals surface area contributed by atoms with Crippen LogP contribution in [0.1, 0.15) is 32.6 Å². The summed E-state index contributed by atoms with van der Waals surface area (Å²) in [5.41, 5.74) is 0.148. The van der Waals surface area contributed by atoms with Crippen molar-refractivity contribution >= 4 is 17.8 Å². The van der Waals surface area contributed by atoms with Crippen LogP contribution < -0.4 is 0 Å². The van der Waals surface area contributed by atoms with Gasteiger partial charge in [0.25, 0.3) is 0 Å². The van der Waals surface area contributed by atoms with Crippen LogP contribution in [0.5, 0.6) is 0 Å². The maximum Gasteiger partial charge on any atom is 0.176 e. The van der Waals surface area contributed by atoms with Crippen LogP contribution in [0.3, 0.4) is 0 Å². The lowest BCUT2D eigenvalue weighted by molar-refractivity contribution is -0.113. The summed E-state index contributed by atoms with van der Waals surface area (Å²) in [7, 11) is 0. The largest absolute Gasteiger partial charge is 0.303 e. The predicted molar refractivity (Wildman–Crippen MR) is 42.9 cm³/mol. The highest BCUT2D eigenvalue weighted by atomic mass is 16.1. The van der Waals surface area contributed by atoms with Gasteiger partial charge in [0.1, 0.15) is 6.29 Å². The van der Waals surface area contributed by atoms with E-state index in [4.69, 9.17) is 5.41 Å². The molecular weight excluding hydrogens is 142 g/mol. The van der Waals surface area contributed by atoms with Gasteiger partial charge in [0, 0.05) is 12.8 Å². The molecule has 3 nitrogen and oxygen atoms in total. The molecule has 0 bridgehead atoms. The third-order valence-corrected chi connectivity index (χ3v) is 1.41. The van der Waals surface area contributed by atoms with Gasteiger partial charge in [-0.05, 0) is 12.8 Å². The van der Waals surface area contributed by atoms with E-state index in [1.54, 1.807) is 6.92 Å². The standard InChI is InChI=1S/C8H13NO2/c1-2-8(11)7(9)5-3-4-6-10/h6,9H,2-5H2,1H3. The molecule has 62 valence electrons. The van der Waals surface area contributed by atoms with Crippen molar-refractivity contribution in [3.05, 3.63) is 0 Å². The molecule has 0 aliphatic heterocycles. The number of unbranched alkanes of at least 4 members (excludes halogenated alkanes) is 1. The number of hydrogen-bond acceptors (Lipinski definition) is 3. The first kappa shape index (κ1) is 10.0. The van der Waals surface area contributed by atoms with Crippen LogP contribution in [0.4, 0.5) is 0 Å². The van der Waals surface area contributed by atoms with Crippen LogP contribution in [0.25, 0.3) is 0 Å². The fourth-order valence-corrected chi connectivity index (χ4v) is 0.715. The van der Waals surface area contributed by atoms with Crippen LogP contribution in [-0.4, -0.2) is 17.8 Å². The van der Waals surface area contributed by atoms with E-state index in [-0.39, 0.29) is 11.5 Å². The maximum atomic E-state index is 10.8. The molecular formula is C8H13NO2. The van der Waals surface area contributed by atoms with Gasteiger partial charge in [0.05, 0.1) is 5.71 Å². The number of hydrogen-bond donors (Lipinski definition) is 1. The number of nitrogens with one attached hydrogen (secondary N) is 1. The quantitative estimate of drug-likeness (QED) is 0.357. The molecule has 0 atom stereocenters. The lowest BCUT2D eigenvalue weighted by Crippen LogP contribution is -2.10. The van der Waals surface area contributed by atoms with E-state index < -0.39 is 0 Å². The van der Waals surface area contributed by atoms with Crippen molar-refractivity contribution in [2.24, 2.45) is 0 Å². The Morgan fingerprint density at radius 2 is 2.18 bits per heavy atom. The van der Waals surface area contributed by atoms with E-state index in [0.717, 1.165) is 6.29 Å². The average molecular weight is 155 g/mol. The molecule has 0 amide bonds. The highest BCUT2D eigenvalue weighted by molar-refractivity contribution is 6.38. The number of ketones is 1. The number of carbonyl (C=O) groups is 2. The van der Waals surface area contributed by atoms with Crippen molar-refractivity contribution in [1.29, 1.82) is 5.41 Å². The molecule has 0 saturated heterocycles. The van der Waals surface area contributed by atoms with Crippen LogP contribution in [0.2, 0.25) is 0 Å². The van der Waals surface area contributed by atoms with Crippen LogP contribution in [-0.2, 0) is 9.59 Å². The first-order chi connectivity index (χ1) is 5.22. The smallest absolute Gasteiger partial charge is 0.176 e. The molecule has 0 aliphatic rings. The molecule has 0 spiro atoms. The van der Waals surface area contributed by atoms with E-state index >= 15 is 0 Å². The fourth-order valence-electron chi connectivity index (χ4n) is 0.715. The minimum absolute atomic E-state index is 0.115. The summed E-state index contributed by atoms with van der Waals surface area (Å²) in [5, 5.41) is 7.21. The predicted octanol–water partition coefficient (Wildman–Crippen LogP) is 1.35. The molecule has 11 heavy (non-hydrogen) atoms. The Labute approximate surface area is 66.3 Å². The Bertz CT molecular complexity index is 163. The van der Waals surface area contributed by atoms with Crippen molar-refractivity contribution in [1.82, 2.24) is 0 Å². The SMILES string of the molecule is CCC(=O)C(=N)CCCC=O. The zero-order valence-electron chi connectivity index (χ0n) is 6.72. The van der Waals surface area contributed by atoms with Crippen molar-refractivity contribution in [2.45, 2.75) is 32.6 Å². The van der Waals surface area contributed by atoms with Gasteiger partial charge in [0.15, 0.2) is 5.78 Å². The van der Waals surface area contributed by atoms with Gasteiger partial charge in [-0.15, -0.1) is 0 Å². The summed E-state index contributed by atoms with van der Waals surface area (Å²) < 4.78 is 0. The summed E-state index contributed by atoms with van der Waals surface area (Å²) in [5.74, 6) is -0.115. The Morgan fingerprint density at radius 3 is 2.64 bits per heavy atom. The zero-order valence-corrected chi connectivity index (χ0v) is 6.72. The van der Waals surface area contributed by atoms with Crippen molar-refractivity contribution < 1.29 is 9.59 Å². The topological polar surface area (TPSA) is 58.0 Å². The zero-order chi connectivity index (χ0) is 8.69. The van der Waals surface area contributed by atoms with Crippen molar-refractivity contribution in [3.8, 4) is 0 Å². The molecule has 0 aromatic rings. The summed E-state index contributed by atoms with van der Waals surface area (Å²) in [6.07, 6.45) is 2.70. The van der Waals surface area contributed by atoms with Gasteiger partial charge >= 0.3 is 0 Å². The minimum Gasteiger partial charge on any atom is -0.303 e. The van der Waals surface area contributed by atoms with E-state index in [2.05, 4.69) is 0 Å². The summed E-state index contributed by atoms with van der Waals surface area (Å²) in [6, 6.07) is 0. The fraction of sp³-hybridized carbons (Fsp3) is 0.625. The highest BCUT2D eigenvalue weighted by Crippen LogP contribution is 1.97. The van der Waals surface area contributed by atoms with E-state index in [9.17, 15) is 9.59 Å². The Balaban J connectivity index is 3.52. The van der Waals surface area contributed by atoms with E-state index in [0.29, 0.717) is 25.7 Å². The van der Waals surface area contributed by atoms with Gasteiger partial charge < -0.3 is 10.2 Å². The molecule has 3 heteroatoms. The molecule has 0 radical (unpaired) electrons. The van der Waals surface area contributed by atoms with Gasteiger partial charge in [0.2, 0.25) is 0 Å². The van der Waals surface area contributed by atoms with Crippen molar-refractivity contribution in [2.75, 3.05) is 0 Å². The van der Waals surface area contributed by atoms with Gasteiger partial charge in [-0.25, -0.2) is 0 Å². The molecule has 0 aromatic carbocycles. The summed E-state index contributed by atoms with van der Waals surface area (Å²) >= 11 is 0. The first-order valence-corrected chi connectivity index (χ1v) is 3.76. The third-order valence-electron chi connectivity index (χ3n) is 1.41. The molecule has 0 fully saturated rings. The number of Topliss-reactive ketones (excluding diaryl/α,β-unsaturated/α-hetero) is 1. The Morgan fingerprint density at radius 1 is 1.55 bits per heavy atom. The minimum atomic E-state index is -0.115. The second-order valence-electron chi connectivity index (χ2n) is 2.31. The number of rotatable bonds is 6. The van der Waals surface area contributed by atoms with E-state index in [1.165, 1.54) is 0 Å². The normalized spacial score (nSPS) is 9.18. The van der Waals surface area contributed by atoms with Crippen LogP contribution in [0.15, 0.2) is 0 Å². The number of carbonyl (C=O) groups excluding carboxylic acids is 2. The molecule has 0 rings (SSSR count). The summed E-state index contributed by atoms with van der Waals surface area (Å²) in [6.45, 7) is 1.73. The molecule has 1 N–H and O–H groups in total. The lowest BCUT2D eigenvalue weighted by Gasteiger charge is -1.97. The first-order valence-electron chi connectivity index (χ1n) is 3.76. The average Bonchev–Trinajstić information content (AvgIpc) is 2.03. The third kappa shape index (κ3) is 4.42. The van der Waals surface area contributed by atoms with Crippen LogP contribution >= 0.6 is 0 Å². The van der Waals surface area contributed by atoms with Gasteiger partial charge in [-0.2, -0.15) is 0 Å². The monoisotopic (exact) mass is 155 g/mol. The Hall–Kier alpha value is -0.990. The number of aldehydes is 1. The molecule has 0 aliphatic carbocycles. The van der Waals surface area contributed by atoms with Crippen molar-refractivity contribution in [3.63, 3.8) is 0 Å². The van der Waals surface area contributed by atoms with Crippen LogP contribution in [0, 0.1) is 5.41 Å². The molecule has 0 heterocycles. The molecule has 0 aromatic heterocycles. The van der Waals surface area contributed by atoms with E-state index in [1.807, 2.05) is 0 Å². The second-order valence-corrected chi connectivity index (χ2v) is 2.31. The maximum absolute atomic E-state index is 10.8. The van der Waals surface area contributed by atoms with Gasteiger partial charge in [-0.3, -0.25) is 4.79 Å². The molecule has 0 unspecified atom stereocenters. The highest BCUT2D eigenvalue weighted by Gasteiger charge is 2.04.